The number of carbonyl (C=O) groups excluding carboxylic acids is 1. The molecule has 90 valence electrons. The van der Waals surface area contributed by atoms with Crippen molar-refractivity contribution >= 4 is 11.6 Å². The van der Waals surface area contributed by atoms with E-state index >= 15 is 0 Å². The third-order valence-corrected chi connectivity index (χ3v) is 2.96. The summed E-state index contributed by atoms with van der Waals surface area (Å²) in [6.07, 6.45) is 0.758. The van der Waals surface area contributed by atoms with Crippen LogP contribution in [0.25, 0.3) is 0 Å². The van der Waals surface area contributed by atoms with Gasteiger partial charge in [-0.25, -0.2) is 9.40 Å². The molecule has 17 heavy (non-hydrogen) atoms. The molecule has 1 unspecified atom stereocenters. The lowest BCUT2D eigenvalue weighted by Crippen LogP contribution is -2.26. The Kier molecular flexibility index (Phi) is 3.22. The van der Waals surface area contributed by atoms with Crippen molar-refractivity contribution in [1.29, 1.82) is 0 Å². The number of hydrogen-bond donors (Lipinski definition) is 0. The van der Waals surface area contributed by atoms with Crippen molar-refractivity contribution in [3.05, 3.63) is 35.6 Å². The molecule has 0 saturated carbocycles. The standard InChI is InChI=1S/C13H15FN2O/c1-3-12-9(2)15-16(13(12)17)8-10-5-4-6-11(14)7-10/h4-7,12H,3,8H2,1-2H3. The van der Waals surface area contributed by atoms with Crippen LogP contribution in [-0.2, 0) is 11.3 Å². The fourth-order valence-corrected chi connectivity index (χ4v) is 2.06. The van der Waals surface area contributed by atoms with Gasteiger partial charge >= 0.3 is 0 Å². The Morgan fingerprint density at radius 3 is 2.82 bits per heavy atom. The van der Waals surface area contributed by atoms with Gasteiger partial charge in [-0.05, 0) is 31.0 Å². The molecule has 0 aliphatic carbocycles. The Balaban J connectivity index is 2.13. The SMILES string of the molecule is CCC1C(=O)N(Cc2cccc(F)c2)N=C1C. The van der Waals surface area contributed by atoms with E-state index < -0.39 is 0 Å². The molecule has 1 heterocycles. The molecule has 1 aliphatic heterocycles. The first-order valence-corrected chi connectivity index (χ1v) is 5.72. The van der Waals surface area contributed by atoms with E-state index in [0.29, 0.717) is 6.54 Å². The average molecular weight is 234 g/mol. The zero-order chi connectivity index (χ0) is 12.4. The minimum absolute atomic E-state index is 0.00858. The lowest BCUT2D eigenvalue weighted by molar-refractivity contribution is -0.132. The van der Waals surface area contributed by atoms with Crippen LogP contribution in [0.1, 0.15) is 25.8 Å². The predicted octanol–water partition coefficient (Wildman–Crippen LogP) is 2.57. The van der Waals surface area contributed by atoms with Gasteiger partial charge in [-0.1, -0.05) is 19.1 Å². The van der Waals surface area contributed by atoms with Crippen molar-refractivity contribution in [3.63, 3.8) is 0 Å². The van der Waals surface area contributed by atoms with E-state index in [1.807, 2.05) is 13.8 Å². The molecular weight excluding hydrogens is 219 g/mol. The van der Waals surface area contributed by atoms with E-state index in [0.717, 1.165) is 17.7 Å². The third kappa shape index (κ3) is 2.35. The fourth-order valence-electron chi connectivity index (χ4n) is 2.06. The van der Waals surface area contributed by atoms with Crippen LogP contribution in [0.3, 0.4) is 0 Å². The average Bonchev–Trinajstić information content (AvgIpc) is 2.54. The van der Waals surface area contributed by atoms with Gasteiger partial charge in [-0.15, -0.1) is 0 Å². The van der Waals surface area contributed by atoms with Gasteiger partial charge in [0, 0.05) is 5.71 Å². The summed E-state index contributed by atoms with van der Waals surface area (Å²) in [5.74, 6) is -0.389. The van der Waals surface area contributed by atoms with Crippen LogP contribution in [-0.4, -0.2) is 16.6 Å². The molecule has 4 heteroatoms. The highest BCUT2D eigenvalue weighted by Gasteiger charge is 2.31. The summed E-state index contributed by atoms with van der Waals surface area (Å²) in [4.78, 5) is 12.0. The second-order valence-electron chi connectivity index (χ2n) is 4.23. The van der Waals surface area contributed by atoms with Crippen molar-refractivity contribution in [2.45, 2.75) is 26.8 Å². The lowest BCUT2D eigenvalue weighted by atomic mass is 10.0. The van der Waals surface area contributed by atoms with Gasteiger partial charge in [0.05, 0.1) is 12.5 Å². The molecule has 0 fully saturated rings. The molecule has 1 atom stereocenters. The zero-order valence-corrected chi connectivity index (χ0v) is 9.98. The monoisotopic (exact) mass is 234 g/mol. The van der Waals surface area contributed by atoms with Gasteiger partial charge < -0.3 is 0 Å². The Morgan fingerprint density at radius 2 is 2.24 bits per heavy atom. The first kappa shape index (κ1) is 11.8. The summed E-state index contributed by atoms with van der Waals surface area (Å²) in [6, 6.07) is 6.25. The maximum absolute atomic E-state index is 13.0. The maximum Gasteiger partial charge on any atom is 0.251 e. The molecule has 1 aliphatic rings. The zero-order valence-electron chi connectivity index (χ0n) is 9.98. The minimum atomic E-state index is -0.290. The van der Waals surface area contributed by atoms with Crippen LogP contribution in [0.4, 0.5) is 4.39 Å². The highest BCUT2D eigenvalue weighted by Crippen LogP contribution is 2.20. The Labute approximate surface area is 99.9 Å². The highest BCUT2D eigenvalue weighted by atomic mass is 19.1. The number of hydrogen-bond acceptors (Lipinski definition) is 2. The summed E-state index contributed by atoms with van der Waals surface area (Å²) in [5.41, 5.74) is 1.60. The van der Waals surface area contributed by atoms with E-state index in [2.05, 4.69) is 5.10 Å². The number of amides is 1. The number of benzene rings is 1. The number of carbonyl (C=O) groups is 1. The third-order valence-electron chi connectivity index (χ3n) is 2.96. The summed E-state index contributed by atoms with van der Waals surface area (Å²) in [7, 11) is 0. The first-order valence-electron chi connectivity index (χ1n) is 5.72. The molecular formula is C13H15FN2O. The molecule has 0 radical (unpaired) electrons. The quantitative estimate of drug-likeness (QED) is 0.791. The molecule has 0 spiro atoms. The number of halogens is 1. The van der Waals surface area contributed by atoms with Crippen LogP contribution in [0, 0.1) is 11.7 Å². The smallest absolute Gasteiger partial charge is 0.251 e. The van der Waals surface area contributed by atoms with Crippen molar-refractivity contribution < 1.29 is 9.18 Å². The second kappa shape index (κ2) is 4.65. The number of rotatable bonds is 3. The summed E-state index contributed by atoms with van der Waals surface area (Å²) >= 11 is 0. The van der Waals surface area contributed by atoms with Crippen LogP contribution >= 0.6 is 0 Å². The molecule has 0 bridgehead atoms. The predicted molar refractivity (Wildman–Crippen MR) is 63.8 cm³/mol. The largest absolute Gasteiger partial charge is 0.272 e. The van der Waals surface area contributed by atoms with Crippen molar-refractivity contribution in [1.82, 2.24) is 5.01 Å². The molecule has 0 N–H and O–H groups in total. The molecule has 1 amide bonds. The maximum atomic E-state index is 13.0. The van der Waals surface area contributed by atoms with E-state index in [4.69, 9.17) is 0 Å². The summed E-state index contributed by atoms with van der Waals surface area (Å²) in [6.45, 7) is 4.16. The van der Waals surface area contributed by atoms with Crippen molar-refractivity contribution in [2.24, 2.45) is 11.0 Å². The van der Waals surface area contributed by atoms with Crippen LogP contribution in [0.5, 0.6) is 0 Å². The molecule has 1 aromatic carbocycles. The Bertz CT molecular complexity index is 470. The second-order valence-corrected chi connectivity index (χ2v) is 4.23. The lowest BCUT2D eigenvalue weighted by Gasteiger charge is -2.13. The Morgan fingerprint density at radius 1 is 1.47 bits per heavy atom. The van der Waals surface area contributed by atoms with Gasteiger partial charge in [0.25, 0.3) is 5.91 Å². The van der Waals surface area contributed by atoms with Gasteiger partial charge in [0.2, 0.25) is 0 Å². The topological polar surface area (TPSA) is 32.7 Å². The van der Waals surface area contributed by atoms with Crippen LogP contribution in [0.2, 0.25) is 0 Å². The minimum Gasteiger partial charge on any atom is -0.272 e. The summed E-state index contributed by atoms with van der Waals surface area (Å²) < 4.78 is 13.0. The van der Waals surface area contributed by atoms with E-state index in [9.17, 15) is 9.18 Å². The molecule has 1 aromatic rings. The molecule has 0 aromatic heterocycles. The van der Waals surface area contributed by atoms with Gasteiger partial charge in [-0.2, -0.15) is 5.10 Å². The summed E-state index contributed by atoms with van der Waals surface area (Å²) in [5, 5.41) is 5.65. The van der Waals surface area contributed by atoms with E-state index in [1.165, 1.54) is 17.1 Å². The van der Waals surface area contributed by atoms with Crippen LogP contribution < -0.4 is 0 Å². The number of nitrogens with zero attached hydrogens (tertiary/aromatic N) is 2. The first-order chi connectivity index (χ1) is 8.11. The van der Waals surface area contributed by atoms with E-state index in [-0.39, 0.29) is 17.6 Å². The van der Waals surface area contributed by atoms with Crippen molar-refractivity contribution in [3.8, 4) is 0 Å². The van der Waals surface area contributed by atoms with Crippen LogP contribution in [0.15, 0.2) is 29.4 Å². The molecule has 0 saturated heterocycles. The molecule has 3 nitrogen and oxygen atoms in total. The van der Waals surface area contributed by atoms with Gasteiger partial charge in [0.15, 0.2) is 0 Å². The van der Waals surface area contributed by atoms with Crippen molar-refractivity contribution in [2.75, 3.05) is 0 Å². The fraction of sp³-hybridized carbons (Fsp3) is 0.385. The number of hydrazone groups is 1. The molecule has 2 rings (SSSR count). The van der Waals surface area contributed by atoms with E-state index in [1.54, 1.807) is 12.1 Å². The highest BCUT2D eigenvalue weighted by molar-refractivity contribution is 6.06. The Hall–Kier alpha value is -1.71. The normalized spacial score (nSPS) is 19.7. The van der Waals surface area contributed by atoms with Gasteiger partial charge in [0.1, 0.15) is 5.82 Å². The van der Waals surface area contributed by atoms with Gasteiger partial charge in [-0.3, -0.25) is 4.79 Å².